The van der Waals surface area contributed by atoms with Crippen LogP contribution in [0.1, 0.15) is 23.2 Å². The van der Waals surface area contributed by atoms with Gasteiger partial charge in [0.2, 0.25) is 0 Å². The molecule has 0 spiro atoms. The second-order valence-electron chi connectivity index (χ2n) is 4.16. The van der Waals surface area contributed by atoms with E-state index >= 15 is 0 Å². The second kappa shape index (κ2) is 4.97. The van der Waals surface area contributed by atoms with Gasteiger partial charge in [-0.15, -0.1) is 0 Å². The fourth-order valence-corrected chi connectivity index (χ4v) is 2.40. The maximum Gasteiger partial charge on any atom is 0.260 e. The highest BCUT2D eigenvalue weighted by Crippen LogP contribution is 2.23. The lowest BCUT2D eigenvalue weighted by Gasteiger charge is -2.24. The summed E-state index contributed by atoms with van der Waals surface area (Å²) in [6, 6.07) is 2.92. The van der Waals surface area contributed by atoms with Crippen LogP contribution in [0.2, 0.25) is 0 Å². The fourth-order valence-electron chi connectivity index (χ4n) is 2.15. The smallest absolute Gasteiger partial charge is 0.260 e. The lowest BCUT2D eigenvalue weighted by Crippen LogP contribution is -2.43. The fraction of sp³-hybridized carbons (Fsp3) is 0.333. The van der Waals surface area contributed by atoms with Gasteiger partial charge in [0.15, 0.2) is 0 Å². The summed E-state index contributed by atoms with van der Waals surface area (Å²) in [4.78, 5) is 13.6. The van der Waals surface area contributed by atoms with E-state index in [0.717, 1.165) is 18.6 Å². The highest BCUT2D eigenvalue weighted by molar-refractivity contribution is 7.80. The van der Waals surface area contributed by atoms with Crippen molar-refractivity contribution in [2.24, 2.45) is 5.73 Å². The first kappa shape index (κ1) is 12.9. The lowest BCUT2D eigenvalue weighted by molar-refractivity contribution is 0.0760. The summed E-state index contributed by atoms with van der Waals surface area (Å²) in [5, 5.41) is 0. The van der Waals surface area contributed by atoms with Crippen molar-refractivity contribution in [1.29, 1.82) is 0 Å². The normalized spacial score (nSPS) is 19.0. The lowest BCUT2D eigenvalue weighted by atomic mass is 10.1. The summed E-state index contributed by atoms with van der Waals surface area (Å²) >= 11 is 4.86. The zero-order chi connectivity index (χ0) is 13.3. The van der Waals surface area contributed by atoms with Crippen LogP contribution in [0.15, 0.2) is 18.2 Å². The molecule has 2 N–H and O–H groups in total. The molecule has 0 aromatic heterocycles. The molecule has 18 heavy (non-hydrogen) atoms. The predicted octanol–water partition coefficient (Wildman–Crippen LogP) is 1.86. The molecule has 1 aliphatic heterocycles. The van der Waals surface area contributed by atoms with Crippen molar-refractivity contribution in [3.05, 3.63) is 35.4 Å². The Morgan fingerprint density at radius 2 is 2.00 bits per heavy atom. The molecule has 1 unspecified atom stereocenters. The van der Waals surface area contributed by atoms with E-state index in [1.807, 2.05) is 0 Å². The van der Waals surface area contributed by atoms with Crippen molar-refractivity contribution in [1.82, 2.24) is 4.90 Å². The van der Waals surface area contributed by atoms with Gasteiger partial charge in [0, 0.05) is 6.54 Å². The first-order chi connectivity index (χ1) is 8.52. The zero-order valence-corrected chi connectivity index (χ0v) is 10.3. The summed E-state index contributed by atoms with van der Waals surface area (Å²) in [5.74, 6) is -2.43. The number of carbonyl (C=O) groups is 1. The molecule has 6 heteroatoms. The number of halogens is 2. The van der Waals surface area contributed by atoms with Gasteiger partial charge in [-0.3, -0.25) is 4.79 Å². The van der Waals surface area contributed by atoms with Crippen molar-refractivity contribution in [2.45, 2.75) is 18.9 Å². The van der Waals surface area contributed by atoms with Crippen LogP contribution in [0.5, 0.6) is 0 Å². The molecular weight excluding hydrogens is 258 g/mol. The standard InChI is InChI=1S/C12H12F2N2OS/c13-7-3-1-4-8(14)10(7)12(17)16-6-2-5-9(16)11(15)18/h1,3-4,9H,2,5-6H2,(H2,15,18). The third-order valence-corrected chi connectivity index (χ3v) is 3.29. The van der Waals surface area contributed by atoms with E-state index in [4.69, 9.17) is 18.0 Å². The minimum absolute atomic E-state index is 0.178. The van der Waals surface area contributed by atoms with E-state index in [-0.39, 0.29) is 4.99 Å². The van der Waals surface area contributed by atoms with Gasteiger partial charge >= 0.3 is 0 Å². The maximum absolute atomic E-state index is 13.5. The van der Waals surface area contributed by atoms with E-state index in [1.54, 1.807) is 0 Å². The quantitative estimate of drug-likeness (QED) is 0.834. The largest absolute Gasteiger partial charge is 0.392 e. The molecule has 1 saturated heterocycles. The topological polar surface area (TPSA) is 46.3 Å². The van der Waals surface area contributed by atoms with Crippen LogP contribution in [0.4, 0.5) is 8.78 Å². The number of nitrogens with two attached hydrogens (primary N) is 1. The van der Waals surface area contributed by atoms with Crippen LogP contribution < -0.4 is 5.73 Å². The molecule has 1 atom stereocenters. The minimum Gasteiger partial charge on any atom is -0.392 e. The first-order valence-corrected chi connectivity index (χ1v) is 5.97. The Morgan fingerprint density at radius 3 is 2.56 bits per heavy atom. The molecule has 1 heterocycles. The molecule has 3 nitrogen and oxygen atoms in total. The Morgan fingerprint density at radius 1 is 1.39 bits per heavy atom. The van der Waals surface area contributed by atoms with E-state index < -0.39 is 29.1 Å². The van der Waals surface area contributed by atoms with Crippen molar-refractivity contribution >= 4 is 23.1 Å². The van der Waals surface area contributed by atoms with Crippen LogP contribution >= 0.6 is 12.2 Å². The number of hydrogen-bond acceptors (Lipinski definition) is 2. The van der Waals surface area contributed by atoms with Gasteiger partial charge < -0.3 is 10.6 Å². The SMILES string of the molecule is NC(=S)C1CCCN1C(=O)c1c(F)cccc1F. The van der Waals surface area contributed by atoms with Crippen LogP contribution in [-0.2, 0) is 0 Å². The van der Waals surface area contributed by atoms with E-state index in [2.05, 4.69) is 0 Å². The number of nitrogens with zero attached hydrogens (tertiary/aromatic N) is 1. The molecule has 2 rings (SSSR count). The Balaban J connectivity index is 2.34. The third-order valence-electron chi connectivity index (χ3n) is 3.02. The van der Waals surface area contributed by atoms with Gasteiger partial charge in [-0.05, 0) is 25.0 Å². The molecule has 1 amide bonds. The number of amides is 1. The molecule has 0 saturated carbocycles. The van der Waals surface area contributed by atoms with Gasteiger partial charge in [-0.1, -0.05) is 18.3 Å². The number of rotatable bonds is 2. The van der Waals surface area contributed by atoms with E-state index in [0.29, 0.717) is 13.0 Å². The summed E-state index contributed by atoms with van der Waals surface area (Å²) in [6.45, 7) is 0.411. The Labute approximate surface area is 109 Å². The third kappa shape index (κ3) is 2.20. The number of benzene rings is 1. The molecular formula is C12H12F2N2OS. The van der Waals surface area contributed by atoms with E-state index in [1.165, 1.54) is 11.0 Å². The predicted molar refractivity (Wildman–Crippen MR) is 67.2 cm³/mol. The van der Waals surface area contributed by atoms with Crippen LogP contribution in [0.25, 0.3) is 0 Å². The van der Waals surface area contributed by atoms with Crippen LogP contribution in [0.3, 0.4) is 0 Å². The number of carbonyl (C=O) groups excluding carboxylic acids is 1. The van der Waals surface area contributed by atoms with Crippen molar-refractivity contribution < 1.29 is 13.6 Å². The van der Waals surface area contributed by atoms with Crippen LogP contribution in [-0.4, -0.2) is 28.4 Å². The average molecular weight is 270 g/mol. The van der Waals surface area contributed by atoms with Gasteiger partial charge in [0.1, 0.15) is 17.2 Å². The van der Waals surface area contributed by atoms with Gasteiger partial charge in [-0.25, -0.2) is 8.78 Å². The number of hydrogen-bond donors (Lipinski definition) is 1. The van der Waals surface area contributed by atoms with Crippen molar-refractivity contribution in [3.63, 3.8) is 0 Å². The Kier molecular flexibility index (Phi) is 3.56. The van der Waals surface area contributed by atoms with E-state index in [9.17, 15) is 13.6 Å². The first-order valence-electron chi connectivity index (χ1n) is 5.56. The number of likely N-dealkylation sites (tertiary alicyclic amines) is 1. The molecule has 0 aliphatic carbocycles. The van der Waals surface area contributed by atoms with Gasteiger partial charge in [-0.2, -0.15) is 0 Å². The van der Waals surface area contributed by atoms with Crippen molar-refractivity contribution in [3.8, 4) is 0 Å². The summed E-state index contributed by atoms with van der Waals surface area (Å²) < 4.78 is 27.1. The summed E-state index contributed by atoms with van der Waals surface area (Å²) in [7, 11) is 0. The summed E-state index contributed by atoms with van der Waals surface area (Å²) in [6.07, 6.45) is 1.36. The summed E-state index contributed by atoms with van der Waals surface area (Å²) in [5.41, 5.74) is 4.99. The highest BCUT2D eigenvalue weighted by Gasteiger charge is 2.33. The molecule has 0 bridgehead atoms. The Hall–Kier alpha value is -1.56. The van der Waals surface area contributed by atoms with Gasteiger partial charge in [0.25, 0.3) is 5.91 Å². The molecule has 1 fully saturated rings. The highest BCUT2D eigenvalue weighted by atomic mass is 32.1. The monoisotopic (exact) mass is 270 g/mol. The van der Waals surface area contributed by atoms with Gasteiger partial charge in [0.05, 0.1) is 11.0 Å². The molecule has 1 aromatic rings. The second-order valence-corrected chi connectivity index (χ2v) is 4.63. The Bertz CT molecular complexity index is 487. The zero-order valence-electron chi connectivity index (χ0n) is 9.53. The van der Waals surface area contributed by atoms with Crippen molar-refractivity contribution in [2.75, 3.05) is 6.54 Å². The molecule has 96 valence electrons. The maximum atomic E-state index is 13.5. The number of thiocarbonyl (C=S) groups is 1. The molecule has 1 aromatic carbocycles. The van der Waals surface area contributed by atoms with Crippen LogP contribution in [0, 0.1) is 11.6 Å². The molecule has 1 aliphatic rings. The molecule has 0 radical (unpaired) electrons. The minimum atomic E-state index is -0.867. The average Bonchev–Trinajstić information content (AvgIpc) is 2.77.